The number of halogens is 2. The van der Waals surface area contributed by atoms with Crippen molar-refractivity contribution >= 4 is 66.0 Å². The standard InChI is InChI=1S/C21H20FNO3S.C20H17FO4S.CH5N.CH4/c1-13-18(10-14-4-7-16(8-5-14)27(3,25)26)17-9-6-15(22)11-20(17)19(13)12-21(24)23-2;1-12-17(9-13-3-6-15(7-4-13)26(2,24)25)16-8-5-14(21)10-19(16)18(12)11-20(22)23;1-2;/h4-11H,12H2,1-3H3,(H,23,24);3-10H,11H2,1-2H3,(H,22,23);2H2,1H3;1H4/b18-10-;17-9-;;. The van der Waals surface area contributed by atoms with Crippen molar-refractivity contribution in [3.63, 3.8) is 0 Å². The molecule has 296 valence electrons. The van der Waals surface area contributed by atoms with Crippen molar-refractivity contribution in [2.24, 2.45) is 5.73 Å². The zero-order chi connectivity index (χ0) is 40.8. The molecule has 0 aliphatic heterocycles. The van der Waals surface area contributed by atoms with Crippen molar-refractivity contribution in [1.82, 2.24) is 5.32 Å². The molecule has 0 spiro atoms. The van der Waals surface area contributed by atoms with Gasteiger partial charge in [0.1, 0.15) is 11.6 Å². The van der Waals surface area contributed by atoms with Crippen molar-refractivity contribution in [2.45, 2.75) is 43.9 Å². The Hall–Kier alpha value is -5.50. The van der Waals surface area contributed by atoms with Crippen LogP contribution in [0.1, 0.15) is 67.5 Å². The number of carbonyl (C=O) groups is 2. The van der Waals surface area contributed by atoms with E-state index in [9.17, 15) is 35.2 Å². The highest BCUT2D eigenvalue weighted by molar-refractivity contribution is 7.91. The SMILES string of the molecule is C.CC1=C(CC(=O)O)c2cc(F)ccc2/C1=C\c1ccc(S(C)(=O)=O)cc1.CN.CNC(=O)CC1=C(C)/C(=C/c2ccc(S(C)(=O)=O)cc2)c2ccc(F)cc21. The molecule has 0 radical (unpaired) electrons. The largest absolute Gasteiger partial charge is 0.481 e. The van der Waals surface area contributed by atoms with Crippen LogP contribution in [0, 0.1) is 11.6 Å². The number of hydrogen-bond acceptors (Lipinski definition) is 7. The number of carbonyl (C=O) groups excluding carboxylic acids is 1. The fourth-order valence-corrected chi connectivity index (χ4v) is 7.58. The lowest BCUT2D eigenvalue weighted by Crippen LogP contribution is -2.17. The fraction of sp³-hybridized carbons (Fsp3) is 0.209. The molecular weight excluding hydrogens is 759 g/mol. The smallest absolute Gasteiger partial charge is 0.307 e. The lowest BCUT2D eigenvalue weighted by atomic mass is 10.0. The average Bonchev–Trinajstić information content (AvgIpc) is 3.52. The highest BCUT2D eigenvalue weighted by Crippen LogP contribution is 2.45. The average molecular weight is 805 g/mol. The van der Waals surface area contributed by atoms with Gasteiger partial charge in [0.05, 0.1) is 22.6 Å². The normalized spacial score (nSPS) is 14.6. The molecule has 6 rings (SSSR count). The van der Waals surface area contributed by atoms with E-state index in [1.165, 1.54) is 49.7 Å². The minimum absolute atomic E-state index is 0. The van der Waals surface area contributed by atoms with E-state index in [0.717, 1.165) is 61.9 Å². The van der Waals surface area contributed by atoms with Crippen LogP contribution in [0.5, 0.6) is 0 Å². The molecule has 4 N–H and O–H groups in total. The summed E-state index contributed by atoms with van der Waals surface area (Å²) in [4.78, 5) is 23.6. The van der Waals surface area contributed by atoms with E-state index in [4.69, 9.17) is 5.11 Å². The maximum atomic E-state index is 13.8. The topological polar surface area (TPSA) is 161 Å². The summed E-state index contributed by atoms with van der Waals surface area (Å²) in [6, 6.07) is 21.9. The second kappa shape index (κ2) is 18.4. The Morgan fingerprint density at radius 3 is 1.32 bits per heavy atom. The second-order valence-electron chi connectivity index (χ2n) is 12.8. The molecule has 0 unspecified atom stereocenters. The van der Waals surface area contributed by atoms with E-state index in [-0.39, 0.29) is 41.8 Å². The monoisotopic (exact) mass is 804 g/mol. The molecule has 0 bridgehead atoms. The van der Waals surface area contributed by atoms with Gasteiger partial charge in [0, 0.05) is 19.6 Å². The minimum Gasteiger partial charge on any atom is -0.481 e. The summed E-state index contributed by atoms with van der Waals surface area (Å²) in [5, 5.41) is 11.8. The molecule has 4 aromatic rings. The van der Waals surface area contributed by atoms with Crippen LogP contribution in [0.25, 0.3) is 34.4 Å². The molecule has 0 heterocycles. The molecule has 2 aliphatic carbocycles. The van der Waals surface area contributed by atoms with Crippen molar-refractivity contribution in [1.29, 1.82) is 0 Å². The first-order chi connectivity index (χ1) is 25.9. The van der Waals surface area contributed by atoms with Gasteiger partial charge in [-0.25, -0.2) is 25.6 Å². The molecule has 0 atom stereocenters. The summed E-state index contributed by atoms with van der Waals surface area (Å²) < 4.78 is 73.8. The van der Waals surface area contributed by atoms with E-state index >= 15 is 0 Å². The van der Waals surface area contributed by atoms with Crippen molar-refractivity contribution < 1.29 is 40.3 Å². The van der Waals surface area contributed by atoms with Gasteiger partial charge in [-0.3, -0.25) is 9.59 Å². The highest BCUT2D eigenvalue weighted by Gasteiger charge is 2.27. The van der Waals surface area contributed by atoms with Gasteiger partial charge in [0.25, 0.3) is 0 Å². The summed E-state index contributed by atoms with van der Waals surface area (Å²) in [6.45, 7) is 3.72. The molecule has 9 nitrogen and oxygen atoms in total. The van der Waals surface area contributed by atoms with Crippen LogP contribution in [-0.2, 0) is 29.3 Å². The Morgan fingerprint density at radius 1 is 0.643 bits per heavy atom. The third kappa shape index (κ3) is 10.4. The first-order valence-corrected chi connectivity index (χ1v) is 20.7. The first kappa shape index (κ1) is 44.9. The number of amides is 1. The van der Waals surface area contributed by atoms with Gasteiger partial charge < -0.3 is 16.2 Å². The van der Waals surface area contributed by atoms with Crippen molar-refractivity contribution in [3.05, 3.63) is 141 Å². The number of benzene rings is 4. The zero-order valence-electron chi connectivity index (χ0n) is 31.2. The number of aliphatic carboxylic acids is 1. The third-order valence-electron chi connectivity index (χ3n) is 9.09. The number of hydrogen-bond donors (Lipinski definition) is 3. The van der Waals surface area contributed by atoms with Crippen molar-refractivity contribution in [2.75, 3.05) is 26.6 Å². The third-order valence-corrected chi connectivity index (χ3v) is 11.3. The summed E-state index contributed by atoms with van der Waals surface area (Å²) in [6.07, 6.45) is 6.07. The van der Waals surface area contributed by atoms with Gasteiger partial charge in [0.15, 0.2) is 19.7 Å². The number of nitrogens with one attached hydrogen (secondary N) is 1. The van der Waals surface area contributed by atoms with Gasteiger partial charge >= 0.3 is 5.97 Å². The Balaban J connectivity index is 0.000000283. The number of fused-ring (bicyclic) bond motifs is 2. The van der Waals surface area contributed by atoms with Crippen LogP contribution >= 0.6 is 0 Å². The lowest BCUT2D eigenvalue weighted by molar-refractivity contribution is -0.135. The molecule has 13 heteroatoms. The predicted octanol–water partition coefficient (Wildman–Crippen LogP) is 7.94. The first-order valence-electron chi connectivity index (χ1n) is 16.9. The number of nitrogens with two attached hydrogens (primary N) is 1. The molecule has 0 saturated heterocycles. The Kier molecular flexibility index (Phi) is 14.8. The number of allylic oxidation sites excluding steroid dienone is 4. The summed E-state index contributed by atoms with van der Waals surface area (Å²) >= 11 is 0. The summed E-state index contributed by atoms with van der Waals surface area (Å²) in [5.74, 6) is -1.89. The van der Waals surface area contributed by atoms with Gasteiger partial charge in [-0.05, 0) is 148 Å². The van der Waals surface area contributed by atoms with E-state index in [1.807, 2.05) is 26.0 Å². The Labute approximate surface area is 327 Å². The predicted molar refractivity (Wildman–Crippen MR) is 221 cm³/mol. The fourth-order valence-electron chi connectivity index (χ4n) is 6.32. The molecule has 0 saturated carbocycles. The number of carboxylic acid groups (broad SMARTS) is 1. The summed E-state index contributed by atoms with van der Waals surface area (Å²) in [5.41, 5.74) is 13.8. The second-order valence-corrected chi connectivity index (χ2v) is 16.8. The van der Waals surface area contributed by atoms with Crippen LogP contribution in [0.2, 0.25) is 0 Å². The van der Waals surface area contributed by atoms with Crippen molar-refractivity contribution in [3.8, 4) is 0 Å². The Bertz CT molecular complexity index is 2500. The van der Waals surface area contributed by atoms with E-state index in [1.54, 1.807) is 55.6 Å². The number of sulfone groups is 2. The molecule has 2 aliphatic rings. The number of carboxylic acids is 1. The van der Waals surface area contributed by atoms with Gasteiger partial charge in [-0.1, -0.05) is 43.8 Å². The zero-order valence-corrected chi connectivity index (χ0v) is 32.8. The van der Waals surface area contributed by atoms with Crippen LogP contribution < -0.4 is 11.1 Å². The highest BCUT2D eigenvalue weighted by atomic mass is 32.2. The molecule has 4 aromatic carbocycles. The van der Waals surface area contributed by atoms with Crippen LogP contribution in [0.15, 0.2) is 106 Å². The number of rotatable bonds is 8. The van der Waals surface area contributed by atoms with Gasteiger partial charge in [-0.15, -0.1) is 0 Å². The maximum absolute atomic E-state index is 13.8. The molecular formula is C43H46F2N2O7S2. The van der Waals surface area contributed by atoms with E-state index < -0.39 is 31.5 Å². The molecule has 0 aromatic heterocycles. The summed E-state index contributed by atoms with van der Waals surface area (Å²) in [7, 11) is -3.45. The van der Waals surface area contributed by atoms with Gasteiger partial charge in [0.2, 0.25) is 5.91 Å². The maximum Gasteiger partial charge on any atom is 0.307 e. The lowest BCUT2D eigenvalue weighted by Gasteiger charge is -2.05. The van der Waals surface area contributed by atoms with E-state index in [0.29, 0.717) is 11.1 Å². The van der Waals surface area contributed by atoms with Crippen LogP contribution in [0.4, 0.5) is 8.78 Å². The van der Waals surface area contributed by atoms with Gasteiger partial charge in [-0.2, -0.15) is 0 Å². The molecule has 1 amide bonds. The Morgan fingerprint density at radius 2 is 1.00 bits per heavy atom. The molecule has 0 fully saturated rings. The quantitative estimate of drug-likeness (QED) is 0.162. The van der Waals surface area contributed by atoms with E-state index in [2.05, 4.69) is 11.1 Å². The van der Waals surface area contributed by atoms with Crippen LogP contribution in [0.3, 0.4) is 0 Å². The minimum atomic E-state index is -3.27. The van der Waals surface area contributed by atoms with Crippen LogP contribution in [-0.4, -0.2) is 60.4 Å². The molecule has 56 heavy (non-hydrogen) atoms.